The lowest BCUT2D eigenvalue weighted by molar-refractivity contribution is -0.132. The van der Waals surface area contributed by atoms with Crippen LogP contribution in [0.2, 0.25) is 0 Å². The number of carbonyl (C=O) groups is 2. The van der Waals surface area contributed by atoms with E-state index in [0.717, 1.165) is 22.4 Å². The maximum atomic E-state index is 13.3. The second-order valence-electron chi connectivity index (χ2n) is 8.20. The number of carbonyl (C=O) groups excluding carboxylic acids is 2. The Morgan fingerprint density at radius 3 is 1.94 bits per heavy atom. The Bertz CT molecular complexity index is 1020. The first-order valence-corrected chi connectivity index (χ1v) is 10.9. The molecule has 1 atom stereocenters. The molecule has 33 heavy (non-hydrogen) atoms. The Balaban J connectivity index is 1.66. The van der Waals surface area contributed by atoms with Gasteiger partial charge in [-0.2, -0.15) is 0 Å². The van der Waals surface area contributed by atoms with Gasteiger partial charge in [-0.3, -0.25) is 4.79 Å². The highest BCUT2D eigenvalue weighted by atomic mass is 16.5. The van der Waals surface area contributed by atoms with Crippen molar-refractivity contribution < 1.29 is 14.3 Å². The molecule has 0 bridgehead atoms. The van der Waals surface area contributed by atoms with Crippen molar-refractivity contribution in [3.63, 3.8) is 0 Å². The van der Waals surface area contributed by atoms with Crippen molar-refractivity contribution in [3.8, 4) is 0 Å². The summed E-state index contributed by atoms with van der Waals surface area (Å²) in [6.45, 7) is 0.589. The van der Waals surface area contributed by atoms with Crippen LogP contribution in [0.25, 0.3) is 0 Å². The number of likely N-dealkylation sites (N-methyl/N-ethyl adjacent to an activating group) is 1. The van der Waals surface area contributed by atoms with Gasteiger partial charge in [0, 0.05) is 39.8 Å². The molecule has 0 aliphatic heterocycles. The van der Waals surface area contributed by atoms with Crippen LogP contribution in [-0.2, 0) is 29.1 Å². The third kappa shape index (κ3) is 7.38. The van der Waals surface area contributed by atoms with Crippen LogP contribution in [0.15, 0.2) is 84.9 Å². The summed E-state index contributed by atoms with van der Waals surface area (Å²) in [5, 5.41) is 2.77. The molecule has 0 saturated carbocycles. The van der Waals surface area contributed by atoms with Gasteiger partial charge in [-0.15, -0.1) is 0 Å². The molecule has 3 rings (SSSR count). The van der Waals surface area contributed by atoms with E-state index < -0.39 is 12.1 Å². The standard InChI is InChI=1S/C27H31N3O3/c1-29(2)24-16-14-22(15-17-24)19-30(3)26(31)25(18-21-10-6-4-7-11-21)28-27(32)33-20-23-12-8-5-9-13-23/h4-17,25H,18-20H2,1-3H3,(H,28,32). The van der Waals surface area contributed by atoms with Crippen molar-refractivity contribution in [3.05, 3.63) is 102 Å². The van der Waals surface area contributed by atoms with Gasteiger partial charge in [0.15, 0.2) is 0 Å². The summed E-state index contributed by atoms with van der Waals surface area (Å²) in [4.78, 5) is 29.4. The van der Waals surface area contributed by atoms with Crippen LogP contribution < -0.4 is 10.2 Å². The number of nitrogens with zero attached hydrogens (tertiary/aromatic N) is 2. The summed E-state index contributed by atoms with van der Waals surface area (Å²) in [5.74, 6) is -0.174. The van der Waals surface area contributed by atoms with Gasteiger partial charge in [-0.05, 0) is 28.8 Å². The molecule has 3 aromatic carbocycles. The highest BCUT2D eigenvalue weighted by Gasteiger charge is 2.25. The predicted molar refractivity (Wildman–Crippen MR) is 131 cm³/mol. The Morgan fingerprint density at radius 1 is 0.788 bits per heavy atom. The summed E-state index contributed by atoms with van der Waals surface area (Å²) >= 11 is 0. The number of hydrogen-bond donors (Lipinski definition) is 1. The first-order valence-electron chi connectivity index (χ1n) is 10.9. The summed E-state index contributed by atoms with van der Waals surface area (Å²) in [6, 6.07) is 26.4. The molecule has 6 heteroatoms. The highest BCUT2D eigenvalue weighted by molar-refractivity contribution is 5.85. The van der Waals surface area contributed by atoms with Crippen LogP contribution in [0, 0.1) is 0 Å². The lowest BCUT2D eigenvalue weighted by Crippen LogP contribution is -2.48. The Morgan fingerprint density at radius 2 is 1.36 bits per heavy atom. The summed E-state index contributed by atoms with van der Waals surface area (Å²) in [7, 11) is 5.72. The topological polar surface area (TPSA) is 61.9 Å². The van der Waals surface area contributed by atoms with E-state index in [4.69, 9.17) is 4.74 Å². The zero-order valence-electron chi connectivity index (χ0n) is 19.4. The fraction of sp³-hybridized carbons (Fsp3) is 0.259. The maximum Gasteiger partial charge on any atom is 0.408 e. The van der Waals surface area contributed by atoms with Crippen molar-refractivity contribution in [1.82, 2.24) is 10.2 Å². The molecule has 6 nitrogen and oxygen atoms in total. The number of hydrogen-bond acceptors (Lipinski definition) is 4. The van der Waals surface area contributed by atoms with Gasteiger partial charge in [-0.1, -0.05) is 72.8 Å². The predicted octanol–water partition coefficient (Wildman–Crippen LogP) is 4.25. The van der Waals surface area contributed by atoms with Gasteiger partial charge >= 0.3 is 6.09 Å². The van der Waals surface area contributed by atoms with E-state index in [1.165, 1.54) is 0 Å². The number of amides is 2. The van der Waals surface area contributed by atoms with Crippen molar-refractivity contribution in [2.24, 2.45) is 0 Å². The first kappa shape index (κ1) is 23.9. The molecule has 0 aromatic heterocycles. The molecule has 1 unspecified atom stereocenters. The molecule has 0 saturated heterocycles. The van der Waals surface area contributed by atoms with Crippen molar-refractivity contribution in [2.75, 3.05) is 26.0 Å². The second-order valence-corrected chi connectivity index (χ2v) is 8.20. The number of rotatable bonds is 9. The van der Waals surface area contributed by atoms with Gasteiger partial charge in [0.1, 0.15) is 12.6 Å². The third-order valence-corrected chi connectivity index (χ3v) is 5.33. The van der Waals surface area contributed by atoms with E-state index in [-0.39, 0.29) is 12.5 Å². The smallest absolute Gasteiger partial charge is 0.408 e. The monoisotopic (exact) mass is 445 g/mol. The van der Waals surface area contributed by atoms with Crippen molar-refractivity contribution in [1.29, 1.82) is 0 Å². The summed E-state index contributed by atoms with van der Waals surface area (Å²) in [6.07, 6.45) is -0.235. The minimum atomic E-state index is -0.735. The number of ether oxygens (including phenoxy) is 1. The number of anilines is 1. The van der Waals surface area contributed by atoms with Gasteiger partial charge in [0.2, 0.25) is 5.91 Å². The highest BCUT2D eigenvalue weighted by Crippen LogP contribution is 2.14. The molecule has 2 amide bonds. The zero-order valence-corrected chi connectivity index (χ0v) is 19.4. The van der Waals surface area contributed by atoms with Crippen LogP contribution >= 0.6 is 0 Å². The average molecular weight is 446 g/mol. The summed E-state index contributed by atoms with van der Waals surface area (Å²) in [5.41, 5.74) is 3.96. The van der Waals surface area contributed by atoms with Crippen LogP contribution in [-0.4, -0.2) is 44.1 Å². The fourth-order valence-corrected chi connectivity index (χ4v) is 3.47. The first-order chi connectivity index (χ1) is 15.9. The average Bonchev–Trinajstić information content (AvgIpc) is 2.83. The fourth-order valence-electron chi connectivity index (χ4n) is 3.47. The number of alkyl carbamates (subject to hydrolysis) is 1. The largest absolute Gasteiger partial charge is 0.445 e. The minimum absolute atomic E-state index is 0.146. The Labute approximate surface area is 195 Å². The number of benzene rings is 3. The van der Waals surface area contributed by atoms with Gasteiger partial charge in [0.25, 0.3) is 0 Å². The van der Waals surface area contributed by atoms with E-state index in [1.807, 2.05) is 104 Å². The maximum absolute atomic E-state index is 13.3. The van der Waals surface area contributed by atoms with Gasteiger partial charge < -0.3 is 19.9 Å². The summed E-state index contributed by atoms with van der Waals surface area (Å²) < 4.78 is 5.35. The van der Waals surface area contributed by atoms with Crippen molar-refractivity contribution in [2.45, 2.75) is 25.6 Å². The SMILES string of the molecule is CN(Cc1ccc(N(C)C)cc1)C(=O)C(Cc1ccccc1)NC(=O)OCc1ccccc1. The van der Waals surface area contributed by atoms with Crippen LogP contribution in [0.4, 0.5) is 10.5 Å². The minimum Gasteiger partial charge on any atom is -0.445 e. The van der Waals surface area contributed by atoms with Crippen LogP contribution in [0.5, 0.6) is 0 Å². The van der Waals surface area contributed by atoms with E-state index in [1.54, 1.807) is 11.9 Å². The number of nitrogens with one attached hydrogen (secondary N) is 1. The normalized spacial score (nSPS) is 11.4. The van der Waals surface area contributed by atoms with Crippen molar-refractivity contribution >= 4 is 17.7 Å². The molecule has 0 fully saturated rings. The molecule has 172 valence electrons. The molecule has 0 heterocycles. The third-order valence-electron chi connectivity index (χ3n) is 5.33. The second kappa shape index (κ2) is 11.7. The van der Waals surface area contributed by atoms with E-state index >= 15 is 0 Å². The van der Waals surface area contributed by atoms with E-state index in [0.29, 0.717) is 13.0 Å². The van der Waals surface area contributed by atoms with Gasteiger partial charge in [-0.25, -0.2) is 4.79 Å². The molecule has 1 N–H and O–H groups in total. The van der Waals surface area contributed by atoms with Crippen LogP contribution in [0.3, 0.4) is 0 Å². The molecule has 0 aliphatic carbocycles. The molecule has 3 aromatic rings. The van der Waals surface area contributed by atoms with E-state index in [2.05, 4.69) is 5.32 Å². The van der Waals surface area contributed by atoms with Gasteiger partial charge in [0.05, 0.1) is 0 Å². The molecule has 0 radical (unpaired) electrons. The lowest BCUT2D eigenvalue weighted by Gasteiger charge is -2.25. The Kier molecular flexibility index (Phi) is 8.47. The molecular weight excluding hydrogens is 414 g/mol. The molecule has 0 spiro atoms. The van der Waals surface area contributed by atoms with E-state index in [9.17, 15) is 9.59 Å². The molecular formula is C27H31N3O3. The molecule has 0 aliphatic rings. The van der Waals surface area contributed by atoms with Crippen LogP contribution in [0.1, 0.15) is 16.7 Å². The quantitative estimate of drug-likeness (QED) is 0.535. The zero-order chi connectivity index (χ0) is 23.6. The lowest BCUT2D eigenvalue weighted by atomic mass is 10.0. The Hall–Kier alpha value is -3.80.